The van der Waals surface area contributed by atoms with Crippen molar-refractivity contribution in [3.63, 3.8) is 0 Å². The summed E-state index contributed by atoms with van der Waals surface area (Å²) in [7, 11) is 0. The number of anilines is 1. The van der Waals surface area contributed by atoms with Crippen LogP contribution >= 0.6 is 46.3 Å². The van der Waals surface area contributed by atoms with Gasteiger partial charge in [-0.2, -0.15) is 0 Å². The van der Waals surface area contributed by atoms with Crippen molar-refractivity contribution in [2.45, 2.75) is 10.1 Å². The minimum atomic E-state index is -0.301. The van der Waals surface area contributed by atoms with Gasteiger partial charge in [-0.25, -0.2) is 0 Å². The Morgan fingerprint density at radius 3 is 2.96 bits per heavy atom. The molecular weight excluding hydrogens is 401 g/mol. The van der Waals surface area contributed by atoms with E-state index in [2.05, 4.69) is 15.5 Å². The number of nitrogens with one attached hydrogen (secondary N) is 1. The molecule has 0 fully saturated rings. The lowest BCUT2D eigenvalue weighted by Crippen LogP contribution is -2.07. The zero-order chi connectivity index (χ0) is 17.6. The number of carbonyl (C=O) groups excluding carboxylic acids is 1. The molecule has 3 rings (SSSR count). The molecule has 0 aliphatic rings. The van der Waals surface area contributed by atoms with Gasteiger partial charge in [0.25, 0.3) is 0 Å². The lowest BCUT2D eigenvalue weighted by molar-refractivity contribution is -0.111. The van der Waals surface area contributed by atoms with Gasteiger partial charge in [-0.15, -0.1) is 10.2 Å². The third kappa shape index (κ3) is 5.34. The molecule has 0 spiro atoms. The van der Waals surface area contributed by atoms with Crippen LogP contribution in [0.2, 0.25) is 10.0 Å². The van der Waals surface area contributed by atoms with Crippen LogP contribution in [0, 0.1) is 0 Å². The first-order chi connectivity index (χ1) is 12.1. The van der Waals surface area contributed by atoms with Crippen LogP contribution in [0.3, 0.4) is 0 Å². The SMILES string of the molecule is O=C(/C=C/c1ccco1)Nc1nnc(SCc2ccc(Cl)cc2Cl)s1. The first-order valence-corrected chi connectivity index (χ1v) is 9.59. The summed E-state index contributed by atoms with van der Waals surface area (Å²) in [5, 5.41) is 12.3. The van der Waals surface area contributed by atoms with Crippen molar-refractivity contribution >= 4 is 63.4 Å². The standard InChI is InChI=1S/C16H11Cl2N3O2S2/c17-11-4-3-10(13(18)8-11)9-24-16-21-20-15(25-16)19-14(22)6-5-12-2-1-7-23-12/h1-8H,9H2,(H,19,20,22)/b6-5+. The van der Waals surface area contributed by atoms with Crippen molar-refractivity contribution in [3.05, 3.63) is 64.0 Å². The minimum absolute atomic E-state index is 0.301. The fourth-order valence-electron chi connectivity index (χ4n) is 1.79. The van der Waals surface area contributed by atoms with Crippen LogP contribution in [-0.2, 0) is 10.5 Å². The van der Waals surface area contributed by atoms with E-state index in [0.29, 0.717) is 26.7 Å². The maximum atomic E-state index is 11.8. The van der Waals surface area contributed by atoms with Crippen LogP contribution in [0.4, 0.5) is 5.13 Å². The highest BCUT2D eigenvalue weighted by Gasteiger charge is 2.09. The zero-order valence-corrected chi connectivity index (χ0v) is 15.8. The van der Waals surface area contributed by atoms with Gasteiger partial charge in [0.15, 0.2) is 4.34 Å². The third-order valence-corrected chi connectivity index (χ3v) is 5.55. The first kappa shape index (κ1) is 18.0. The highest BCUT2D eigenvalue weighted by Crippen LogP contribution is 2.31. The smallest absolute Gasteiger partial charge is 0.250 e. The molecule has 0 aliphatic carbocycles. The summed E-state index contributed by atoms with van der Waals surface area (Å²) in [6.45, 7) is 0. The number of carbonyl (C=O) groups is 1. The molecule has 1 aromatic carbocycles. The molecule has 25 heavy (non-hydrogen) atoms. The lowest BCUT2D eigenvalue weighted by atomic mass is 10.2. The second kappa shape index (κ2) is 8.53. The molecule has 0 radical (unpaired) electrons. The first-order valence-electron chi connectivity index (χ1n) is 7.03. The summed E-state index contributed by atoms with van der Waals surface area (Å²) in [6, 6.07) is 8.88. The largest absolute Gasteiger partial charge is 0.465 e. The highest BCUT2D eigenvalue weighted by atomic mass is 35.5. The molecule has 3 aromatic rings. The lowest BCUT2D eigenvalue weighted by Gasteiger charge is -2.02. The summed E-state index contributed by atoms with van der Waals surface area (Å²) < 4.78 is 5.85. The molecule has 0 saturated carbocycles. The van der Waals surface area contributed by atoms with Crippen molar-refractivity contribution in [1.29, 1.82) is 0 Å². The second-order valence-corrected chi connectivity index (χ2v) is 7.78. The molecule has 2 aromatic heterocycles. The van der Waals surface area contributed by atoms with E-state index in [1.165, 1.54) is 29.2 Å². The second-order valence-electron chi connectivity index (χ2n) is 4.74. The van der Waals surface area contributed by atoms with E-state index in [1.54, 1.807) is 36.6 Å². The monoisotopic (exact) mass is 411 g/mol. The van der Waals surface area contributed by atoms with Crippen LogP contribution < -0.4 is 5.32 Å². The Morgan fingerprint density at radius 1 is 1.32 bits per heavy atom. The van der Waals surface area contributed by atoms with Gasteiger partial charge in [-0.1, -0.05) is 52.4 Å². The molecule has 2 heterocycles. The van der Waals surface area contributed by atoms with Gasteiger partial charge in [0.05, 0.1) is 6.26 Å². The maximum Gasteiger partial charge on any atom is 0.250 e. The van der Waals surface area contributed by atoms with E-state index >= 15 is 0 Å². The van der Waals surface area contributed by atoms with Crippen LogP contribution in [-0.4, -0.2) is 16.1 Å². The molecule has 0 unspecified atom stereocenters. The van der Waals surface area contributed by atoms with Crippen molar-refractivity contribution in [2.75, 3.05) is 5.32 Å². The van der Waals surface area contributed by atoms with Gasteiger partial charge < -0.3 is 4.42 Å². The number of rotatable bonds is 6. The maximum absolute atomic E-state index is 11.8. The van der Waals surface area contributed by atoms with Gasteiger partial charge in [0.2, 0.25) is 11.0 Å². The van der Waals surface area contributed by atoms with Gasteiger partial charge in [0, 0.05) is 21.9 Å². The average Bonchev–Trinajstić information content (AvgIpc) is 3.24. The van der Waals surface area contributed by atoms with Crippen molar-refractivity contribution in [3.8, 4) is 0 Å². The van der Waals surface area contributed by atoms with Crippen LogP contribution in [0.1, 0.15) is 11.3 Å². The van der Waals surface area contributed by atoms with Crippen LogP contribution in [0.25, 0.3) is 6.08 Å². The van der Waals surface area contributed by atoms with E-state index in [1.807, 2.05) is 6.07 Å². The molecule has 0 bridgehead atoms. The van der Waals surface area contributed by atoms with Gasteiger partial charge in [-0.3, -0.25) is 10.1 Å². The molecule has 1 amide bonds. The van der Waals surface area contributed by atoms with Crippen LogP contribution in [0.5, 0.6) is 0 Å². The molecule has 0 aliphatic heterocycles. The minimum Gasteiger partial charge on any atom is -0.465 e. The fourth-order valence-corrected chi connectivity index (χ4v) is 4.10. The summed E-state index contributed by atoms with van der Waals surface area (Å²) in [6.07, 6.45) is 4.49. The Bertz CT molecular complexity index is 895. The average molecular weight is 412 g/mol. The molecule has 9 heteroatoms. The number of aromatic nitrogens is 2. The molecule has 0 atom stereocenters. The highest BCUT2D eigenvalue weighted by molar-refractivity contribution is 8.00. The number of amides is 1. The van der Waals surface area contributed by atoms with E-state index in [4.69, 9.17) is 27.6 Å². The summed E-state index contributed by atoms with van der Waals surface area (Å²) in [5.74, 6) is 0.935. The summed E-state index contributed by atoms with van der Waals surface area (Å²) >= 11 is 14.8. The van der Waals surface area contributed by atoms with Gasteiger partial charge in [-0.05, 0) is 35.9 Å². The van der Waals surface area contributed by atoms with Gasteiger partial charge in [0.1, 0.15) is 5.76 Å². The predicted molar refractivity (Wildman–Crippen MR) is 102 cm³/mol. The normalized spacial score (nSPS) is 11.1. The van der Waals surface area contributed by atoms with Crippen molar-refractivity contribution < 1.29 is 9.21 Å². The number of hydrogen-bond acceptors (Lipinski definition) is 6. The number of furan rings is 1. The number of thioether (sulfide) groups is 1. The molecular formula is C16H11Cl2N3O2S2. The number of hydrogen-bond donors (Lipinski definition) is 1. The van der Waals surface area contributed by atoms with Crippen LogP contribution in [0.15, 0.2) is 51.4 Å². The summed E-state index contributed by atoms with van der Waals surface area (Å²) in [4.78, 5) is 11.8. The van der Waals surface area contributed by atoms with E-state index in [-0.39, 0.29) is 5.91 Å². The topological polar surface area (TPSA) is 68.0 Å². The molecule has 5 nitrogen and oxygen atoms in total. The molecule has 1 N–H and O–H groups in total. The number of halogens is 2. The quantitative estimate of drug-likeness (QED) is 0.334. The van der Waals surface area contributed by atoms with E-state index < -0.39 is 0 Å². The predicted octanol–water partition coefficient (Wildman–Crippen LogP) is 5.38. The fraction of sp³-hybridized carbons (Fsp3) is 0.0625. The Morgan fingerprint density at radius 2 is 2.20 bits per heavy atom. The Kier molecular flexibility index (Phi) is 6.14. The zero-order valence-electron chi connectivity index (χ0n) is 12.6. The van der Waals surface area contributed by atoms with Crippen molar-refractivity contribution in [2.24, 2.45) is 0 Å². The molecule has 0 saturated heterocycles. The van der Waals surface area contributed by atoms with E-state index in [0.717, 1.165) is 9.90 Å². The van der Waals surface area contributed by atoms with E-state index in [9.17, 15) is 4.79 Å². The number of nitrogens with zero attached hydrogens (tertiary/aromatic N) is 2. The molecule has 128 valence electrons. The number of benzene rings is 1. The Hall–Kier alpha value is -1.80. The van der Waals surface area contributed by atoms with Gasteiger partial charge >= 0.3 is 0 Å². The Labute approximate surface area is 162 Å². The summed E-state index contributed by atoms with van der Waals surface area (Å²) in [5.41, 5.74) is 0.957. The Balaban J connectivity index is 1.54. The third-order valence-electron chi connectivity index (χ3n) is 2.95. The van der Waals surface area contributed by atoms with Crippen molar-refractivity contribution in [1.82, 2.24) is 10.2 Å².